The van der Waals surface area contributed by atoms with Gasteiger partial charge >= 0.3 is 0 Å². The summed E-state index contributed by atoms with van der Waals surface area (Å²) in [6, 6.07) is 0. The SMILES string of the molecule is CN(CC1CCCO1)CC1(CO)CCCCCC1. The zero-order valence-electron chi connectivity index (χ0n) is 11.9. The molecule has 3 nitrogen and oxygen atoms in total. The fourth-order valence-electron chi connectivity index (χ4n) is 3.62. The van der Waals surface area contributed by atoms with E-state index >= 15 is 0 Å². The number of ether oxygens (including phenoxy) is 1. The highest BCUT2D eigenvalue weighted by molar-refractivity contribution is 4.84. The van der Waals surface area contributed by atoms with E-state index in [1.54, 1.807) is 0 Å². The molecule has 1 aliphatic carbocycles. The molecule has 1 N–H and O–H groups in total. The lowest BCUT2D eigenvalue weighted by Gasteiger charge is -2.35. The van der Waals surface area contributed by atoms with E-state index in [1.807, 2.05) is 0 Å². The van der Waals surface area contributed by atoms with Crippen molar-refractivity contribution in [1.29, 1.82) is 0 Å². The third kappa shape index (κ3) is 3.94. The van der Waals surface area contributed by atoms with Gasteiger partial charge in [-0.05, 0) is 32.7 Å². The molecule has 1 saturated carbocycles. The highest BCUT2D eigenvalue weighted by Gasteiger charge is 2.32. The number of likely N-dealkylation sites (N-methyl/N-ethyl adjacent to an activating group) is 1. The molecule has 1 atom stereocenters. The molecule has 18 heavy (non-hydrogen) atoms. The van der Waals surface area contributed by atoms with Gasteiger partial charge in [0, 0.05) is 31.7 Å². The molecule has 0 aromatic carbocycles. The Hall–Kier alpha value is -0.120. The topological polar surface area (TPSA) is 32.7 Å². The molecule has 2 fully saturated rings. The van der Waals surface area contributed by atoms with E-state index in [2.05, 4.69) is 11.9 Å². The summed E-state index contributed by atoms with van der Waals surface area (Å²) in [5, 5.41) is 9.82. The predicted molar refractivity (Wildman–Crippen MR) is 73.7 cm³/mol. The maximum absolute atomic E-state index is 9.82. The van der Waals surface area contributed by atoms with Crippen LogP contribution in [0.25, 0.3) is 0 Å². The van der Waals surface area contributed by atoms with Crippen LogP contribution in [-0.4, -0.2) is 49.5 Å². The number of aliphatic hydroxyl groups excluding tert-OH is 1. The van der Waals surface area contributed by atoms with Crippen LogP contribution < -0.4 is 0 Å². The van der Waals surface area contributed by atoms with Gasteiger partial charge in [0.05, 0.1) is 6.10 Å². The highest BCUT2D eigenvalue weighted by Crippen LogP contribution is 2.35. The Morgan fingerprint density at radius 2 is 1.89 bits per heavy atom. The van der Waals surface area contributed by atoms with E-state index in [0.29, 0.717) is 12.7 Å². The zero-order valence-corrected chi connectivity index (χ0v) is 11.9. The largest absolute Gasteiger partial charge is 0.396 e. The Balaban J connectivity index is 1.83. The third-order valence-electron chi connectivity index (χ3n) is 4.64. The minimum Gasteiger partial charge on any atom is -0.396 e. The van der Waals surface area contributed by atoms with Crippen LogP contribution in [0.3, 0.4) is 0 Å². The molecular weight excluding hydrogens is 226 g/mol. The summed E-state index contributed by atoms with van der Waals surface area (Å²) in [6.07, 6.45) is 10.5. The minimum atomic E-state index is 0.157. The molecule has 0 radical (unpaired) electrons. The van der Waals surface area contributed by atoms with Crippen molar-refractivity contribution >= 4 is 0 Å². The Morgan fingerprint density at radius 3 is 2.44 bits per heavy atom. The lowest BCUT2D eigenvalue weighted by atomic mass is 9.80. The van der Waals surface area contributed by atoms with Crippen molar-refractivity contribution in [2.45, 2.75) is 57.5 Å². The maximum Gasteiger partial charge on any atom is 0.0702 e. The molecule has 1 unspecified atom stereocenters. The first kappa shape index (κ1) is 14.3. The van der Waals surface area contributed by atoms with Crippen molar-refractivity contribution in [1.82, 2.24) is 4.90 Å². The van der Waals surface area contributed by atoms with Gasteiger partial charge in [-0.1, -0.05) is 25.7 Å². The molecule has 1 aliphatic heterocycles. The van der Waals surface area contributed by atoms with Crippen LogP contribution in [0.4, 0.5) is 0 Å². The van der Waals surface area contributed by atoms with Crippen LogP contribution in [0.15, 0.2) is 0 Å². The monoisotopic (exact) mass is 255 g/mol. The van der Waals surface area contributed by atoms with E-state index in [1.165, 1.54) is 51.4 Å². The second-order valence-electron chi connectivity index (χ2n) is 6.40. The normalized spacial score (nSPS) is 28.5. The summed E-state index contributed by atoms with van der Waals surface area (Å²) >= 11 is 0. The molecule has 2 aliphatic rings. The molecule has 1 heterocycles. The van der Waals surface area contributed by atoms with Crippen LogP contribution in [0, 0.1) is 5.41 Å². The van der Waals surface area contributed by atoms with E-state index in [4.69, 9.17) is 4.74 Å². The highest BCUT2D eigenvalue weighted by atomic mass is 16.5. The Morgan fingerprint density at radius 1 is 1.17 bits per heavy atom. The fraction of sp³-hybridized carbons (Fsp3) is 1.00. The molecule has 0 aromatic heterocycles. The molecule has 0 aromatic rings. The average molecular weight is 255 g/mol. The molecule has 0 spiro atoms. The van der Waals surface area contributed by atoms with Gasteiger partial charge in [0.15, 0.2) is 0 Å². The van der Waals surface area contributed by atoms with E-state index < -0.39 is 0 Å². The summed E-state index contributed by atoms with van der Waals surface area (Å²) in [4.78, 5) is 2.39. The van der Waals surface area contributed by atoms with Crippen LogP contribution in [-0.2, 0) is 4.74 Å². The summed E-state index contributed by atoms with van der Waals surface area (Å²) < 4.78 is 5.70. The van der Waals surface area contributed by atoms with Crippen LogP contribution >= 0.6 is 0 Å². The van der Waals surface area contributed by atoms with Crippen LogP contribution in [0.5, 0.6) is 0 Å². The van der Waals surface area contributed by atoms with Crippen molar-refractivity contribution in [3.8, 4) is 0 Å². The lowest BCUT2D eigenvalue weighted by Crippen LogP contribution is -2.41. The second kappa shape index (κ2) is 6.88. The maximum atomic E-state index is 9.82. The molecule has 106 valence electrons. The molecule has 1 saturated heterocycles. The number of rotatable bonds is 5. The third-order valence-corrected chi connectivity index (χ3v) is 4.64. The van der Waals surface area contributed by atoms with Gasteiger partial charge in [-0.3, -0.25) is 0 Å². The minimum absolute atomic E-state index is 0.157. The number of hydrogen-bond donors (Lipinski definition) is 1. The smallest absolute Gasteiger partial charge is 0.0702 e. The van der Waals surface area contributed by atoms with Gasteiger partial charge < -0.3 is 14.7 Å². The molecular formula is C15H29NO2. The summed E-state index contributed by atoms with van der Waals surface area (Å²) in [7, 11) is 2.18. The van der Waals surface area contributed by atoms with E-state index in [0.717, 1.165) is 19.7 Å². The Kier molecular flexibility index (Phi) is 5.46. The lowest BCUT2D eigenvalue weighted by molar-refractivity contribution is 0.0365. The first-order chi connectivity index (χ1) is 8.74. The van der Waals surface area contributed by atoms with Crippen molar-refractivity contribution < 1.29 is 9.84 Å². The Bertz CT molecular complexity index is 231. The first-order valence-corrected chi connectivity index (χ1v) is 7.65. The van der Waals surface area contributed by atoms with Crippen LogP contribution in [0.1, 0.15) is 51.4 Å². The first-order valence-electron chi connectivity index (χ1n) is 7.65. The van der Waals surface area contributed by atoms with E-state index in [9.17, 15) is 5.11 Å². The average Bonchev–Trinajstić information content (AvgIpc) is 2.74. The Labute approximate surface area is 112 Å². The van der Waals surface area contributed by atoms with Gasteiger partial charge in [-0.15, -0.1) is 0 Å². The summed E-state index contributed by atoms with van der Waals surface area (Å²) in [5.74, 6) is 0. The molecule has 0 amide bonds. The van der Waals surface area contributed by atoms with Crippen molar-refractivity contribution in [3.63, 3.8) is 0 Å². The quantitative estimate of drug-likeness (QED) is 0.766. The predicted octanol–water partition coefficient (Wildman–Crippen LogP) is 2.43. The van der Waals surface area contributed by atoms with Gasteiger partial charge in [-0.25, -0.2) is 0 Å². The van der Waals surface area contributed by atoms with Crippen LogP contribution in [0.2, 0.25) is 0 Å². The molecule has 3 heteroatoms. The number of hydrogen-bond acceptors (Lipinski definition) is 3. The van der Waals surface area contributed by atoms with Gasteiger partial charge in [0.25, 0.3) is 0 Å². The standard InChI is InChI=1S/C15H29NO2/c1-16(11-14-7-6-10-18-14)12-15(13-17)8-4-2-3-5-9-15/h14,17H,2-13H2,1H3. The zero-order chi connectivity index (χ0) is 12.8. The second-order valence-corrected chi connectivity index (χ2v) is 6.40. The van der Waals surface area contributed by atoms with Gasteiger partial charge in [-0.2, -0.15) is 0 Å². The summed E-state index contributed by atoms with van der Waals surface area (Å²) in [6.45, 7) is 3.34. The number of aliphatic hydroxyl groups is 1. The van der Waals surface area contributed by atoms with Crippen molar-refractivity contribution in [2.24, 2.45) is 5.41 Å². The molecule has 0 bridgehead atoms. The van der Waals surface area contributed by atoms with Gasteiger partial charge in [0.2, 0.25) is 0 Å². The van der Waals surface area contributed by atoms with E-state index in [-0.39, 0.29) is 5.41 Å². The van der Waals surface area contributed by atoms with Gasteiger partial charge in [0.1, 0.15) is 0 Å². The van der Waals surface area contributed by atoms with Crippen molar-refractivity contribution in [2.75, 3.05) is 33.4 Å². The molecule has 2 rings (SSSR count). The number of nitrogens with zero attached hydrogens (tertiary/aromatic N) is 1. The summed E-state index contributed by atoms with van der Waals surface area (Å²) in [5.41, 5.74) is 0.157. The van der Waals surface area contributed by atoms with Crippen molar-refractivity contribution in [3.05, 3.63) is 0 Å². The fourth-order valence-corrected chi connectivity index (χ4v) is 3.62.